The van der Waals surface area contributed by atoms with E-state index in [2.05, 4.69) is 4.79 Å². The molecule has 0 radical (unpaired) electrons. The fourth-order valence-electron chi connectivity index (χ4n) is 4.92. The Hall–Kier alpha value is -5.41. The Labute approximate surface area is 240 Å². The predicted octanol–water partition coefficient (Wildman–Crippen LogP) is 2.94. The molecule has 0 N–H and O–H groups in total. The van der Waals surface area contributed by atoms with Gasteiger partial charge in [0.15, 0.2) is 0 Å². The van der Waals surface area contributed by atoms with E-state index >= 15 is 0 Å². The highest BCUT2D eigenvalue weighted by atomic mass is 16.7. The molecule has 0 saturated carbocycles. The highest BCUT2D eigenvalue weighted by Crippen LogP contribution is 2.42. The van der Waals surface area contributed by atoms with E-state index in [1.807, 2.05) is 74.1 Å². The van der Waals surface area contributed by atoms with Crippen LogP contribution in [-0.4, -0.2) is 67.8 Å². The highest BCUT2D eigenvalue weighted by Gasteiger charge is 2.33. The summed E-state index contributed by atoms with van der Waals surface area (Å²) in [7, 11) is 7.68. The van der Waals surface area contributed by atoms with Crippen LogP contribution in [-0.2, 0) is 25.6 Å². The molecule has 11 nitrogen and oxygen atoms in total. The Morgan fingerprint density at radius 1 is 1.02 bits per heavy atom. The molecule has 1 fully saturated rings. The van der Waals surface area contributed by atoms with Crippen LogP contribution in [0.15, 0.2) is 59.0 Å². The van der Waals surface area contributed by atoms with Crippen LogP contribution in [0.4, 0.5) is 5.69 Å². The number of rotatable bonds is 7. The topological polar surface area (TPSA) is 137 Å². The standard InChI is InChI=1S/C31H28N5O6/c1-34(2)19-6-9-22-26(15-19)41-27-16-20(35(3)4)7-10-23(27)31(22)24-13-18(5-8-21(24)25(37)17-33-32)14-30(40)42-36-28(38)11-12-29(36)39/h5-10,13,15-17H,11-12,14H2,1-4H3/q+1. The number of imide groups is 1. The Bertz CT molecular complexity index is 1860. The van der Waals surface area contributed by atoms with Crippen molar-refractivity contribution >= 4 is 46.4 Å². The second-order valence-electron chi connectivity index (χ2n) is 10.3. The van der Waals surface area contributed by atoms with Crippen LogP contribution < -0.4 is 14.8 Å². The molecule has 0 aromatic heterocycles. The van der Waals surface area contributed by atoms with E-state index in [0.29, 0.717) is 44.0 Å². The lowest BCUT2D eigenvalue weighted by atomic mass is 9.88. The molecule has 212 valence electrons. The van der Waals surface area contributed by atoms with Crippen molar-refractivity contribution in [3.8, 4) is 22.5 Å². The van der Waals surface area contributed by atoms with Gasteiger partial charge in [-0.1, -0.05) is 6.07 Å². The molecule has 2 aliphatic heterocycles. The lowest BCUT2D eigenvalue weighted by molar-refractivity contribution is -0.197. The van der Waals surface area contributed by atoms with Gasteiger partial charge in [-0.15, -0.1) is 5.06 Å². The number of benzene rings is 3. The van der Waals surface area contributed by atoms with Gasteiger partial charge in [0.05, 0.1) is 12.5 Å². The molecule has 2 aromatic rings. The van der Waals surface area contributed by atoms with Gasteiger partial charge >= 0.3 is 12.2 Å². The van der Waals surface area contributed by atoms with Crippen molar-refractivity contribution in [2.75, 3.05) is 33.1 Å². The molecule has 0 bridgehead atoms. The Kier molecular flexibility index (Phi) is 7.52. The van der Waals surface area contributed by atoms with Gasteiger partial charge in [0, 0.05) is 66.8 Å². The van der Waals surface area contributed by atoms with E-state index < -0.39 is 23.6 Å². The van der Waals surface area contributed by atoms with Crippen LogP contribution >= 0.6 is 0 Å². The molecule has 1 saturated heterocycles. The first-order valence-corrected chi connectivity index (χ1v) is 13.2. The van der Waals surface area contributed by atoms with Gasteiger partial charge in [0.2, 0.25) is 5.36 Å². The van der Waals surface area contributed by atoms with E-state index in [0.717, 1.165) is 17.3 Å². The molecule has 5 rings (SSSR count). The fourth-order valence-corrected chi connectivity index (χ4v) is 4.92. The Morgan fingerprint density at radius 2 is 1.76 bits per heavy atom. The van der Waals surface area contributed by atoms with Crippen molar-refractivity contribution in [1.82, 2.24) is 9.64 Å². The number of ketones is 1. The molecular weight excluding hydrogens is 538 g/mol. The predicted molar refractivity (Wildman–Crippen MR) is 155 cm³/mol. The number of nitrogens with zero attached hydrogens (tertiary/aromatic N) is 5. The van der Waals surface area contributed by atoms with Crippen molar-refractivity contribution in [2.24, 2.45) is 0 Å². The van der Waals surface area contributed by atoms with Gasteiger partial charge in [-0.25, -0.2) is 9.37 Å². The number of hydroxylamine groups is 2. The minimum atomic E-state index is -0.801. The number of anilines is 1. The van der Waals surface area contributed by atoms with Crippen molar-refractivity contribution in [3.05, 3.63) is 76.6 Å². The fraction of sp³-hybridized carbons (Fsp3) is 0.226. The smallest absolute Gasteiger partial charge is 0.337 e. The van der Waals surface area contributed by atoms with Crippen molar-refractivity contribution in [1.29, 1.82) is 0 Å². The quantitative estimate of drug-likeness (QED) is 0.0638. The highest BCUT2D eigenvalue weighted by molar-refractivity contribution is 6.35. The summed E-state index contributed by atoms with van der Waals surface area (Å²) < 4.78 is 8.33. The first-order valence-electron chi connectivity index (χ1n) is 13.2. The van der Waals surface area contributed by atoms with Crippen molar-refractivity contribution < 1.29 is 33.2 Å². The van der Waals surface area contributed by atoms with Crippen LogP contribution in [0.1, 0.15) is 28.8 Å². The van der Waals surface area contributed by atoms with Crippen LogP contribution in [0.2, 0.25) is 0 Å². The molecule has 42 heavy (non-hydrogen) atoms. The Morgan fingerprint density at radius 3 is 2.43 bits per heavy atom. The van der Waals surface area contributed by atoms with E-state index in [1.54, 1.807) is 12.1 Å². The third-order valence-corrected chi connectivity index (χ3v) is 7.06. The van der Waals surface area contributed by atoms with Gasteiger partial charge in [0.25, 0.3) is 17.6 Å². The number of hydrogen-bond acceptors (Lipinski definition) is 7. The second kappa shape index (κ2) is 11.2. The monoisotopic (exact) mass is 566 g/mol. The average Bonchev–Trinajstić information content (AvgIpc) is 3.27. The molecule has 0 spiro atoms. The lowest BCUT2D eigenvalue weighted by Crippen LogP contribution is -2.32. The molecule has 2 aromatic carbocycles. The average molecular weight is 567 g/mol. The van der Waals surface area contributed by atoms with Crippen LogP contribution in [0, 0.1) is 0 Å². The molecule has 0 atom stereocenters. The first kappa shape index (κ1) is 28.1. The minimum Gasteiger partial charge on any atom is -0.456 e. The maximum absolute atomic E-state index is 13.1. The number of amides is 2. The molecule has 3 aliphatic rings. The van der Waals surface area contributed by atoms with E-state index in [4.69, 9.17) is 14.8 Å². The van der Waals surface area contributed by atoms with Gasteiger partial charge < -0.3 is 19.7 Å². The SMILES string of the molecule is CN(C)c1ccc2c(-c3cc(CC(=O)ON4C(=O)CCC4=O)ccc3C(=O)C=[N+]=[N-])c3ccc(=[N+](C)C)cc-3oc2c1. The summed E-state index contributed by atoms with van der Waals surface area (Å²) >= 11 is 0. The molecule has 2 amide bonds. The summed E-state index contributed by atoms with van der Waals surface area (Å²) in [6.45, 7) is 0. The third-order valence-electron chi connectivity index (χ3n) is 7.06. The molecule has 2 heterocycles. The maximum Gasteiger partial charge on any atom is 0.337 e. The van der Waals surface area contributed by atoms with Crippen molar-refractivity contribution in [2.45, 2.75) is 19.3 Å². The zero-order valence-corrected chi connectivity index (χ0v) is 23.6. The summed E-state index contributed by atoms with van der Waals surface area (Å²) in [6, 6.07) is 16.3. The van der Waals surface area contributed by atoms with Gasteiger partial charge in [-0.2, -0.15) is 4.79 Å². The zero-order chi connectivity index (χ0) is 30.1. The van der Waals surface area contributed by atoms with E-state index in [9.17, 15) is 19.2 Å². The third kappa shape index (κ3) is 5.33. The molecule has 1 aliphatic carbocycles. The number of fused-ring (bicyclic) bond motifs is 2. The van der Waals surface area contributed by atoms with Crippen molar-refractivity contribution in [3.63, 3.8) is 0 Å². The minimum absolute atomic E-state index is 0.0102. The number of hydrogen-bond donors (Lipinski definition) is 0. The first-order chi connectivity index (χ1) is 20.1. The molecule has 11 heteroatoms. The van der Waals surface area contributed by atoms with E-state index in [-0.39, 0.29) is 24.8 Å². The lowest BCUT2D eigenvalue weighted by Gasteiger charge is -2.19. The summed E-state index contributed by atoms with van der Waals surface area (Å²) in [4.78, 5) is 59.6. The zero-order valence-electron chi connectivity index (χ0n) is 23.6. The molecular formula is C31H28N5O6+. The summed E-state index contributed by atoms with van der Waals surface area (Å²) in [6.07, 6.45) is 0.520. The summed E-state index contributed by atoms with van der Waals surface area (Å²) in [5, 5.41) is 2.13. The van der Waals surface area contributed by atoms with Gasteiger partial charge in [-0.05, 0) is 41.5 Å². The van der Waals surface area contributed by atoms with Gasteiger partial charge in [0.1, 0.15) is 25.4 Å². The Balaban J connectivity index is 1.73. The molecule has 0 unspecified atom stereocenters. The van der Waals surface area contributed by atoms with Crippen LogP contribution in [0.5, 0.6) is 0 Å². The second-order valence-corrected chi connectivity index (χ2v) is 10.3. The summed E-state index contributed by atoms with van der Waals surface area (Å²) in [5.74, 6) is -1.92. The number of carbonyl (C=O) groups is 4. The van der Waals surface area contributed by atoms with Crippen LogP contribution in [0.25, 0.3) is 39.0 Å². The summed E-state index contributed by atoms with van der Waals surface area (Å²) in [5.41, 5.74) is 13.2. The largest absolute Gasteiger partial charge is 0.456 e. The van der Waals surface area contributed by atoms with Crippen LogP contribution in [0.3, 0.4) is 0 Å². The maximum atomic E-state index is 13.1. The van der Waals surface area contributed by atoms with E-state index in [1.165, 1.54) is 6.07 Å². The number of Topliss-reactive ketones (excluding diaryl/α,β-unsaturated/α-hetero) is 1. The number of carbonyl (C=O) groups excluding carboxylic acids is 4. The van der Waals surface area contributed by atoms with Gasteiger partial charge in [-0.3, -0.25) is 14.4 Å². The normalized spacial score (nSPS) is 12.9.